The first kappa shape index (κ1) is 14.7. The van der Waals surface area contributed by atoms with E-state index in [4.69, 9.17) is 0 Å². The molecule has 0 aliphatic heterocycles. The van der Waals surface area contributed by atoms with Crippen LogP contribution in [0.4, 0.5) is 11.4 Å². The number of aliphatic imine (C=N–C) groups is 1. The van der Waals surface area contributed by atoms with Crippen molar-refractivity contribution >= 4 is 35.5 Å². The fourth-order valence-electron chi connectivity index (χ4n) is 2.47. The summed E-state index contributed by atoms with van der Waals surface area (Å²) in [6.07, 6.45) is 2.02. The Hall–Kier alpha value is -3.21. The van der Waals surface area contributed by atoms with Crippen molar-refractivity contribution in [2.24, 2.45) is 4.99 Å². The molecule has 3 rings (SSSR count). The number of aliphatic hydroxyl groups is 1. The van der Waals surface area contributed by atoms with Gasteiger partial charge in [0.05, 0.1) is 16.9 Å². The van der Waals surface area contributed by atoms with E-state index in [0.717, 1.165) is 0 Å². The number of carbonyl (C=O) groups is 2. The predicted molar refractivity (Wildman–Crippen MR) is 89.4 cm³/mol. The minimum absolute atomic E-state index is 0.0735. The van der Waals surface area contributed by atoms with Crippen LogP contribution in [0.15, 0.2) is 59.1 Å². The van der Waals surface area contributed by atoms with Crippen molar-refractivity contribution in [2.75, 3.05) is 11.9 Å². The summed E-state index contributed by atoms with van der Waals surface area (Å²) in [5.74, 6) is -0.335. The number of aliphatic hydroxyl groups excluding tert-OH is 1. The standard InChI is InChI=1S/C18H14N2O3/c1-20(11-21)16-9-5-4-8-15(16)19-10-14-17(22)12-6-2-3-7-13(12)18(14)23/h2-11,22H,1H3. The number of fused-ring (bicyclic) bond motifs is 1. The van der Waals surface area contributed by atoms with Crippen molar-refractivity contribution in [1.29, 1.82) is 0 Å². The highest BCUT2D eigenvalue weighted by molar-refractivity contribution is 6.30. The van der Waals surface area contributed by atoms with Crippen LogP contribution >= 0.6 is 0 Å². The molecule has 5 heteroatoms. The summed E-state index contributed by atoms with van der Waals surface area (Å²) in [7, 11) is 1.62. The summed E-state index contributed by atoms with van der Waals surface area (Å²) >= 11 is 0. The highest BCUT2D eigenvalue weighted by Gasteiger charge is 2.27. The highest BCUT2D eigenvalue weighted by atomic mass is 16.3. The molecule has 23 heavy (non-hydrogen) atoms. The number of rotatable bonds is 4. The normalized spacial score (nSPS) is 13.5. The molecule has 0 saturated heterocycles. The molecular weight excluding hydrogens is 292 g/mol. The van der Waals surface area contributed by atoms with E-state index in [0.29, 0.717) is 28.9 Å². The summed E-state index contributed by atoms with van der Waals surface area (Å²) in [6.45, 7) is 0. The summed E-state index contributed by atoms with van der Waals surface area (Å²) in [5, 5.41) is 10.2. The largest absolute Gasteiger partial charge is 0.506 e. The van der Waals surface area contributed by atoms with E-state index in [-0.39, 0.29) is 17.1 Å². The van der Waals surface area contributed by atoms with E-state index in [2.05, 4.69) is 4.99 Å². The molecule has 0 bridgehead atoms. The van der Waals surface area contributed by atoms with Crippen LogP contribution in [-0.2, 0) is 4.79 Å². The maximum absolute atomic E-state index is 12.3. The van der Waals surface area contributed by atoms with Gasteiger partial charge < -0.3 is 10.0 Å². The maximum Gasteiger partial charge on any atom is 0.213 e. The molecule has 0 radical (unpaired) electrons. The zero-order valence-corrected chi connectivity index (χ0v) is 12.4. The van der Waals surface area contributed by atoms with Gasteiger partial charge in [0.25, 0.3) is 0 Å². The third kappa shape index (κ3) is 2.53. The molecule has 2 aromatic rings. The molecule has 1 aliphatic rings. The van der Waals surface area contributed by atoms with Gasteiger partial charge in [-0.2, -0.15) is 0 Å². The maximum atomic E-state index is 12.3. The van der Waals surface area contributed by atoms with Crippen molar-refractivity contribution < 1.29 is 14.7 Å². The minimum atomic E-state index is -0.261. The smallest absolute Gasteiger partial charge is 0.213 e. The number of hydrogen-bond acceptors (Lipinski definition) is 4. The summed E-state index contributed by atoms with van der Waals surface area (Å²) < 4.78 is 0. The van der Waals surface area contributed by atoms with E-state index in [1.165, 1.54) is 11.1 Å². The van der Waals surface area contributed by atoms with E-state index in [9.17, 15) is 14.7 Å². The van der Waals surface area contributed by atoms with Crippen molar-refractivity contribution in [3.05, 3.63) is 65.2 Å². The number of carbonyl (C=O) groups excluding carboxylic acids is 2. The quantitative estimate of drug-likeness (QED) is 0.697. The number of allylic oxidation sites excluding steroid dienone is 1. The summed E-state index contributed by atoms with van der Waals surface area (Å²) in [5.41, 5.74) is 2.27. The molecule has 0 heterocycles. The number of Topliss-reactive ketones (excluding diaryl/α,β-unsaturated/α-hetero) is 1. The molecule has 1 aliphatic carbocycles. The van der Waals surface area contributed by atoms with Crippen LogP contribution in [0.2, 0.25) is 0 Å². The number of benzene rings is 2. The highest BCUT2D eigenvalue weighted by Crippen LogP contribution is 2.31. The summed E-state index contributed by atoms with van der Waals surface area (Å²) in [4.78, 5) is 28.9. The molecule has 1 N–H and O–H groups in total. The third-order valence-corrected chi connectivity index (χ3v) is 3.68. The fraction of sp³-hybridized carbons (Fsp3) is 0.0556. The molecule has 114 valence electrons. The predicted octanol–water partition coefficient (Wildman–Crippen LogP) is 3.15. The van der Waals surface area contributed by atoms with Crippen LogP contribution in [0.25, 0.3) is 5.76 Å². The van der Waals surface area contributed by atoms with Crippen LogP contribution in [0.1, 0.15) is 15.9 Å². The lowest BCUT2D eigenvalue weighted by atomic mass is 10.1. The first-order chi connectivity index (χ1) is 11.1. The van der Waals surface area contributed by atoms with E-state index in [1.54, 1.807) is 55.6 Å². The van der Waals surface area contributed by atoms with Gasteiger partial charge in [-0.15, -0.1) is 0 Å². The third-order valence-electron chi connectivity index (χ3n) is 3.68. The SMILES string of the molecule is CN(C=O)c1ccccc1N=CC1=C(O)c2ccccc2C1=O. The van der Waals surface area contributed by atoms with Gasteiger partial charge in [0.2, 0.25) is 6.41 Å². The molecule has 0 atom stereocenters. The van der Waals surface area contributed by atoms with Crippen LogP contribution in [0.3, 0.4) is 0 Å². The monoisotopic (exact) mass is 306 g/mol. The van der Waals surface area contributed by atoms with Crippen LogP contribution in [-0.4, -0.2) is 30.6 Å². The van der Waals surface area contributed by atoms with E-state index in [1.807, 2.05) is 0 Å². The zero-order chi connectivity index (χ0) is 16.4. The molecule has 0 spiro atoms. The number of ketones is 1. The molecule has 0 aromatic heterocycles. The van der Waals surface area contributed by atoms with Crippen molar-refractivity contribution in [2.45, 2.75) is 0 Å². The average Bonchev–Trinajstić information content (AvgIpc) is 2.84. The van der Waals surface area contributed by atoms with Crippen LogP contribution < -0.4 is 4.90 Å². The molecule has 0 fully saturated rings. The second-order valence-electron chi connectivity index (χ2n) is 5.10. The first-order valence-electron chi connectivity index (χ1n) is 7.02. The Kier molecular flexibility index (Phi) is 3.76. The van der Waals surface area contributed by atoms with E-state index >= 15 is 0 Å². The fourth-order valence-corrected chi connectivity index (χ4v) is 2.47. The number of para-hydroxylation sites is 2. The Labute approximate surface area is 133 Å². The van der Waals surface area contributed by atoms with Crippen LogP contribution in [0.5, 0.6) is 0 Å². The minimum Gasteiger partial charge on any atom is -0.506 e. The van der Waals surface area contributed by atoms with Crippen molar-refractivity contribution in [3.63, 3.8) is 0 Å². The number of nitrogens with zero attached hydrogens (tertiary/aromatic N) is 2. The number of anilines is 1. The summed E-state index contributed by atoms with van der Waals surface area (Å²) in [6, 6.07) is 13.9. The van der Waals surface area contributed by atoms with Gasteiger partial charge in [0.15, 0.2) is 5.78 Å². The first-order valence-corrected chi connectivity index (χ1v) is 7.02. The Morgan fingerprint density at radius 3 is 2.39 bits per heavy atom. The molecular formula is C18H14N2O3. The van der Waals surface area contributed by atoms with Gasteiger partial charge in [-0.1, -0.05) is 36.4 Å². The van der Waals surface area contributed by atoms with Crippen LogP contribution in [0, 0.1) is 0 Å². The Morgan fingerprint density at radius 1 is 1.04 bits per heavy atom. The second-order valence-corrected chi connectivity index (χ2v) is 5.10. The topological polar surface area (TPSA) is 70.0 Å². The molecule has 1 amide bonds. The molecule has 0 unspecified atom stereocenters. The Balaban J connectivity index is 1.98. The van der Waals surface area contributed by atoms with Gasteiger partial charge >= 0.3 is 0 Å². The molecule has 5 nitrogen and oxygen atoms in total. The number of amides is 1. The zero-order valence-electron chi connectivity index (χ0n) is 12.4. The van der Waals surface area contributed by atoms with Crippen molar-refractivity contribution in [3.8, 4) is 0 Å². The van der Waals surface area contributed by atoms with Gasteiger partial charge in [-0.25, -0.2) is 0 Å². The lowest BCUT2D eigenvalue weighted by molar-refractivity contribution is -0.107. The lowest BCUT2D eigenvalue weighted by Crippen LogP contribution is -2.13. The number of hydrogen-bond donors (Lipinski definition) is 1. The lowest BCUT2D eigenvalue weighted by Gasteiger charge is -2.12. The molecule has 0 saturated carbocycles. The Morgan fingerprint density at radius 2 is 1.70 bits per heavy atom. The second kappa shape index (κ2) is 5.88. The van der Waals surface area contributed by atoms with Crippen molar-refractivity contribution in [1.82, 2.24) is 0 Å². The Bertz CT molecular complexity index is 853. The van der Waals surface area contributed by atoms with Gasteiger partial charge in [-0.05, 0) is 12.1 Å². The van der Waals surface area contributed by atoms with Gasteiger partial charge in [0.1, 0.15) is 5.76 Å². The molecule has 2 aromatic carbocycles. The van der Waals surface area contributed by atoms with E-state index < -0.39 is 0 Å². The van der Waals surface area contributed by atoms with Gasteiger partial charge in [-0.3, -0.25) is 14.6 Å². The van der Waals surface area contributed by atoms with Gasteiger partial charge in [0, 0.05) is 24.4 Å². The average molecular weight is 306 g/mol.